The van der Waals surface area contributed by atoms with Crippen molar-refractivity contribution in [1.29, 1.82) is 0 Å². The zero-order valence-electron chi connectivity index (χ0n) is 43.0. The summed E-state index contributed by atoms with van der Waals surface area (Å²) in [5.74, 6) is -3.21. The third kappa shape index (κ3) is 16.3. The average Bonchev–Trinajstić information content (AvgIpc) is 3.87. The lowest BCUT2D eigenvalue weighted by Gasteiger charge is -2.36. The van der Waals surface area contributed by atoms with Crippen molar-refractivity contribution in [2.24, 2.45) is 22.7 Å². The van der Waals surface area contributed by atoms with Crippen LogP contribution in [0.3, 0.4) is 0 Å². The van der Waals surface area contributed by atoms with Gasteiger partial charge in [0.1, 0.15) is 24.2 Å². The maximum Gasteiger partial charge on any atom is 0.251 e. The highest BCUT2D eigenvalue weighted by molar-refractivity contribution is 6.01. The second kappa shape index (κ2) is 25.9. The predicted molar refractivity (Wildman–Crippen MR) is 268 cm³/mol. The summed E-state index contributed by atoms with van der Waals surface area (Å²) in [6.07, 6.45) is 0.226. The van der Waals surface area contributed by atoms with E-state index in [0.29, 0.717) is 0 Å². The number of likely N-dealkylation sites (N-methyl/N-ethyl adjacent to an activating group) is 2. The zero-order chi connectivity index (χ0) is 50.2. The number of nitrogens with zero attached hydrogens (tertiary/aromatic N) is 2. The van der Waals surface area contributed by atoms with Gasteiger partial charge in [-0.05, 0) is 95.5 Å². The van der Waals surface area contributed by atoms with E-state index in [4.69, 9.17) is 0 Å². The molecule has 20 heteroatoms. The van der Waals surface area contributed by atoms with Crippen LogP contribution in [0.25, 0.3) is 0 Å². The van der Waals surface area contributed by atoms with E-state index in [0.717, 1.165) is 0 Å². The number of likely N-dealkylation sites (tertiary alicyclic amines) is 2. The van der Waals surface area contributed by atoms with Crippen LogP contribution in [-0.2, 0) is 28.8 Å². The highest BCUT2D eigenvalue weighted by atomic mass is 35.5. The molecule has 2 saturated heterocycles. The number of amides is 8. The molecule has 0 spiro atoms. The number of hydrogen-bond acceptors (Lipinski definition) is 10. The summed E-state index contributed by atoms with van der Waals surface area (Å²) in [7, 11) is 3.29. The van der Waals surface area contributed by atoms with Gasteiger partial charge >= 0.3 is 0 Å². The summed E-state index contributed by atoms with van der Waals surface area (Å²) < 4.78 is 0. The summed E-state index contributed by atoms with van der Waals surface area (Å²) in [6.45, 7) is 26.0. The lowest BCUT2D eigenvalue weighted by molar-refractivity contribution is -0.144. The van der Waals surface area contributed by atoms with Crippen molar-refractivity contribution in [2.75, 3.05) is 27.2 Å². The van der Waals surface area contributed by atoms with E-state index in [2.05, 4.69) is 42.5 Å². The molecular weight excluding hydrogens is 915 g/mol. The van der Waals surface area contributed by atoms with Crippen molar-refractivity contribution >= 4 is 72.1 Å². The van der Waals surface area contributed by atoms with Crippen LogP contribution in [0.15, 0.2) is 24.3 Å². The number of rotatable bonds is 18. The zero-order valence-corrected chi connectivity index (χ0v) is 44.7. The molecule has 10 atom stereocenters. The van der Waals surface area contributed by atoms with E-state index in [1.165, 1.54) is 15.9 Å². The third-order valence-electron chi connectivity index (χ3n) is 13.0. The van der Waals surface area contributed by atoms with Crippen LogP contribution in [-0.4, -0.2) is 145 Å². The lowest BCUT2D eigenvalue weighted by atomic mass is 9.85. The monoisotopic (exact) mass is 997 g/mol. The molecule has 0 unspecified atom stereocenters. The highest BCUT2D eigenvalue weighted by Crippen LogP contribution is 2.29. The van der Waals surface area contributed by atoms with Crippen molar-refractivity contribution < 1.29 is 38.4 Å². The molecule has 0 saturated carbocycles. The molecule has 2 aliphatic rings. The molecular formula is C48H82Cl2N10O8. The second-order valence-corrected chi connectivity index (χ2v) is 21.1. The molecule has 3 rings (SSSR count). The SMILES string of the molecule is CN[C@@H](C)C(=O)N[C@H](C(=O)N1C[C@@H](NC(=O)c2cccc(C(=O)N[C@H]3C[C@@H](C(=O)N[C@H](C)C(C)C)N(C(=O)[C@@H](NC(=O)[C@H](C)NC)C(C)(C)C)C3)c2)C[C@H]1C(=O)N[C@H](C)C(C)C)C(C)(C)C.Cl.Cl. The number of hydrogen-bond donors (Lipinski definition) is 8. The van der Waals surface area contributed by atoms with Crippen LogP contribution in [0.5, 0.6) is 0 Å². The number of nitrogens with one attached hydrogen (secondary N) is 8. The molecule has 18 nitrogen and oxygen atoms in total. The smallest absolute Gasteiger partial charge is 0.251 e. The molecule has 0 bridgehead atoms. The van der Waals surface area contributed by atoms with E-state index in [9.17, 15) is 38.4 Å². The van der Waals surface area contributed by atoms with E-state index in [1.54, 1.807) is 46.1 Å². The number of carbonyl (C=O) groups is 8. The summed E-state index contributed by atoms with van der Waals surface area (Å²) in [6, 6.07) is -0.567. The Kier molecular flexibility index (Phi) is 23.4. The molecule has 2 aliphatic heterocycles. The largest absolute Gasteiger partial charge is 0.352 e. The fourth-order valence-corrected chi connectivity index (χ4v) is 7.60. The van der Waals surface area contributed by atoms with E-state index in [1.807, 2.05) is 83.1 Å². The Balaban J connectivity index is 0.0000116. The Morgan fingerprint density at radius 1 is 0.544 bits per heavy atom. The Morgan fingerprint density at radius 2 is 0.868 bits per heavy atom. The van der Waals surface area contributed by atoms with Gasteiger partial charge in [0.25, 0.3) is 11.8 Å². The van der Waals surface area contributed by atoms with Gasteiger partial charge in [0, 0.05) is 48.4 Å². The van der Waals surface area contributed by atoms with Gasteiger partial charge in [-0.15, -0.1) is 24.8 Å². The third-order valence-corrected chi connectivity index (χ3v) is 13.0. The number of halogens is 2. The second-order valence-electron chi connectivity index (χ2n) is 21.1. The minimum Gasteiger partial charge on any atom is -0.352 e. The lowest BCUT2D eigenvalue weighted by Crippen LogP contribution is -2.60. The molecule has 1 aromatic rings. The molecule has 2 fully saturated rings. The highest BCUT2D eigenvalue weighted by Gasteiger charge is 2.47. The fraction of sp³-hybridized carbons (Fsp3) is 0.708. The van der Waals surface area contributed by atoms with Gasteiger partial charge in [0.2, 0.25) is 35.4 Å². The minimum absolute atomic E-state index is 0. The molecule has 2 heterocycles. The topological polar surface area (TPSA) is 239 Å². The van der Waals surface area contributed by atoms with Crippen LogP contribution < -0.4 is 42.5 Å². The van der Waals surface area contributed by atoms with E-state index >= 15 is 0 Å². The quantitative estimate of drug-likeness (QED) is 0.107. The number of carbonyl (C=O) groups excluding carboxylic acids is 8. The van der Waals surface area contributed by atoms with Gasteiger partial charge in [0.15, 0.2) is 0 Å². The maximum absolute atomic E-state index is 14.4. The van der Waals surface area contributed by atoms with E-state index < -0.39 is 82.8 Å². The van der Waals surface area contributed by atoms with Crippen LogP contribution in [0, 0.1) is 22.7 Å². The van der Waals surface area contributed by atoms with Crippen molar-refractivity contribution in [1.82, 2.24) is 52.3 Å². The van der Waals surface area contributed by atoms with Crippen LogP contribution >= 0.6 is 24.8 Å². The molecule has 0 radical (unpaired) electrons. The van der Waals surface area contributed by atoms with Crippen LogP contribution in [0.2, 0.25) is 0 Å². The van der Waals surface area contributed by atoms with Crippen molar-refractivity contribution in [3.63, 3.8) is 0 Å². The Labute approximate surface area is 416 Å². The summed E-state index contributed by atoms with van der Waals surface area (Å²) in [5.41, 5.74) is -1.13. The van der Waals surface area contributed by atoms with Crippen LogP contribution in [0.4, 0.5) is 0 Å². The van der Waals surface area contributed by atoms with Gasteiger partial charge in [-0.3, -0.25) is 38.4 Å². The van der Waals surface area contributed by atoms with Gasteiger partial charge in [-0.1, -0.05) is 75.3 Å². The maximum atomic E-state index is 14.4. The fourth-order valence-electron chi connectivity index (χ4n) is 7.60. The first-order chi connectivity index (χ1) is 30.5. The summed E-state index contributed by atoms with van der Waals surface area (Å²) in [5, 5.41) is 23.5. The average molecular weight is 998 g/mol. The van der Waals surface area contributed by atoms with Gasteiger partial charge in [0.05, 0.1) is 12.1 Å². The van der Waals surface area contributed by atoms with E-state index in [-0.39, 0.29) is 109 Å². The standard InChI is InChI=1S/C48H80N10O8.2ClH/c1-25(2)27(5)51-43(63)35-21-33(23-57(35)45(65)37(47(9,10)11)55-39(59)29(7)49-15)53-41(61)31-18-17-19-32(20-31)42(62)54-34-22-36(44(64)52-28(6)26(3)4)58(24-34)46(66)38(48(12,13)14)56-40(60)30(8)50-16;;/h17-20,25-30,33-38,49-50H,21-24H2,1-16H3,(H,51,63)(H,52,64)(H,53,61)(H,54,62)(H,55,59)(H,56,60);2*1H/t27-,28-,29+,30+,33+,34+,35+,36+,37-,38-;;/m1../s1. The minimum atomic E-state index is -0.977. The normalized spacial score (nSPS) is 20.9. The van der Waals surface area contributed by atoms with Crippen molar-refractivity contribution in [3.8, 4) is 0 Å². The number of benzene rings is 1. The van der Waals surface area contributed by atoms with Gasteiger partial charge in [-0.2, -0.15) is 0 Å². The van der Waals surface area contributed by atoms with Crippen molar-refractivity contribution in [2.45, 2.75) is 170 Å². The van der Waals surface area contributed by atoms with Crippen LogP contribution in [0.1, 0.15) is 130 Å². The molecule has 0 aromatic heterocycles. The molecule has 1 aromatic carbocycles. The summed E-state index contributed by atoms with van der Waals surface area (Å²) >= 11 is 0. The Morgan fingerprint density at radius 3 is 1.15 bits per heavy atom. The van der Waals surface area contributed by atoms with Gasteiger partial charge in [-0.25, -0.2) is 0 Å². The molecule has 386 valence electrons. The molecule has 68 heavy (non-hydrogen) atoms. The molecule has 0 aliphatic carbocycles. The predicted octanol–water partition coefficient (Wildman–Crippen LogP) is 2.53. The van der Waals surface area contributed by atoms with Gasteiger partial charge < -0.3 is 52.3 Å². The Hall–Kier alpha value is -4.52. The first-order valence-electron chi connectivity index (χ1n) is 23.4. The molecule has 8 N–H and O–H groups in total. The molecule has 8 amide bonds. The summed E-state index contributed by atoms with van der Waals surface area (Å²) in [4.78, 5) is 113. The van der Waals surface area contributed by atoms with Crippen molar-refractivity contribution in [3.05, 3.63) is 35.4 Å². The first kappa shape index (κ1) is 61.5. The first-order valence-corrected chi connectivity index (χ1v) is 23.4. The Bertz CT molecular complexity index is 1810.